The minimum atomic E-state index is 0.939. The molecule has 0 aliphatic rings. The van der Waals surface area contributed by atoms with E-state index in [0.29, 0.717) is 0 Å². The Bertz CT molecular complexity index is 753. The van der Waals surface area contributed by atoms with Crippen molar-refractivity contribution in [1.29, 1.82) is 0 Å². The molecule has 0 saturated heterocycles. The van der Waals surface area contributed by atoms with Crippen LogP contribution in [0.4, 0.5) is 10.8 Å². The first-order chi connectivity index (χ1) is 10.8. The first kappa shape index (κ1) is 15.3. The lowest BCUT2D eigenvalue weighted by Gasteiger charge is -2.04. The monoisotopic (exact) mass is 372 g/mol. The number of hydrogen-bond donors (Lipinski definition) is 1. The summed E-state index contributed by atoms with van der Waals surface area (Å²) < 4.78 is 1.04. The van der Waals surface area contributed by atoms with E-state index in [1.165, 1.54) is 10.4 Å². The van der Waals surface area contributed by atoms with Crippen molar-refractivity contribution in [2.75, 3.05) is 5.32 Å². The van der Waals surface area contributed by atoms with Gasteiger partial charge in [-0.25, -0.2) is 4.98 Å². The second kappa shape index (κ2) is 7.07. The highest BCUT2D eigenvalue weighted by Gasteiger charge is 2.13. The van der Waals surface area contributed by atoms with E-state index < -0.39 is 0 Å². The summed E-state index contributed by atoms with van der Waals surface area (Å²) in [6.07, 6.45) is 2.18. The van der Waals surface area contributed by atoms with Gasteiger partial charge in [0.05, 0.1) is 11.4 Å². The standard InChI is InChI=1S/C18H17BrN2S/c1-2-8-16-17(13-9-4-3-5-10-13)21-18(22-16)20-15-12-7-6-11-14(15)19/h3-7,9-12H,2,8H2,1H3,(H,20,21). The van der Waals surface area contributed by atoms with Crippen LogP contribution in [0.1, 0.15) is 18.2 Å². The normalized spacial score (nSPS) is 10.6. The SMILES string of the molecule is CCCc1sc(Nc2ccccc2Br)nc1-c1ccccc1. The molecule has 0 spiro atoms. The molecule has 112 valence electrons. The van der Waals surface area contributed by atoms with Crippen molar-refractivity contribution in [2.45, 2.75) is 19.8 Å². The number of nitrogens with one attached hydrogen (secondary N) is 1. The molecule has 0 radical (unpaired) electrons. The minimum Gasteiger partial charge on any atom is -0.331 e. The van der Waals surface area contributed by atoms with Crippen LogP contribution >= 0.6 is 27.3 Å². The molecule has 1 aromatic heterocycles. The van der Waals surface area contributed by atoms with Crippen molar-refractivity contribution >= 4 is 38.1 Å². The Kier molecular flexibility index (Phi) is 4.90. The summed E-state index contributed by atoms with van der Waals surface area (Å²) in [4.78, 5) is 6.16. The molecular weight excluding hydrogens is 356 g/mol. The number of anilines is 2. The van der Waals surface area contributed by atoms with Crippen LogP contribution in [0.25, 0.3) is 11.3 Å². The van der Waals surface area contributed by atoms with Gasteiger partial charge in [0.2, 0.25) is 0 Å². The molecule has 1 heterocycles. The zero-order chi connectivity index (χ0) is 15.4. The Labute approximate surface area is 143 Å². The Balaban J connectivity index is 1.95. The first-order valence-corrected chi connectivity index (χ1v) is 8.95. The smallest absolute Gasteiger partial charge is 0.188 e. The zero-order valence-corrected chi connectivity index (χ0v) is 14.7. The molecule has 2 aromatic carbocycles. The van der Waals surface area contributed by atoms with E-state index >= 15 is 0 Å². The summed E-state index contributed by atoms with van der Waals surface area (Å²) in [5.41, 5.74) is 3.32. The van der Waals surface area contributed by atoms with Gasteiger partial charge < -0.3 is 5.32 Å². The maximum Gasteiger partial charge on any atom is 0.188 e. The van der Waals surface area contributed by atoms with E-state index in [2.05, 4.69) is 52.4 Å². The topological polar surface area (TPSA) is 24.9 Å². The number of aryl methyl sites for hydroxylation is 1. The van der Waals surface area contributed by atoms with Crippen molar-refractivity contribution in [1.82, 2.24) is 4.98 Å². The molecule has 0 aliphatic carbocycles. The molecule has 2 nitrogen and oxygen atoms in total. The highest BCUT2D eigenvalue weighted by Crippen LogP contribution is 2.34. The summed E-state index contributed by atoms with van der Waals surface area (Å²) in [5.74, 6) is 0. The molecule has 4 heteroatoms. The van der Waals surface area contributed by atoms with Crippen molar-refractivity contribution in [3.8, 4) is 11.3 Å². The van der Waals surface area contributed by atoms with Gasteiger partial charge in [-0.1, -0.05) is 55.8 Å². The molecule has 0 aliphatic heterocycles. The lowest BCUT2D eigenvalue weighted by Crippen LogP contribution is -1.90. The van der Waals surface area contributed by atoms with Crippen LogP contribution in [0.3, 0.4) is 0 Å². The van der Waals surface area contributed by atoms with Gasteiger partial charge in [0.1, 0.15) is 0 Å². The molecule has 0 bridgehead atoms. The number of nitrogens with zero attached hydrogens (tertiary/aromatic N) is 1. The van der Waals surface area contributed by atoms with Gasteiger partial charge >= 0.3 is 0 Å². The van der Waals surface area contributed by atoms with Crippen molar-refractivity contribution in [2.24, 2.45) is 0 Å². The summed E-state index contributed by atoms with van der Waals surface area (Å²) >= 11 is 5.31. The number of rotatable bonds is 5. The van der Waals surface area contributed by atoms with Gasteiger partial charge in [-0.05, 0) is 34.5 Å². The van der Waals surface area contributed by atoms with Crippen LogP contribution in [-0.4, -0.2) is 4.98 Å². The fourth-order valence-electron chi connectivity index (χ4n) is 2.30. The molecule has 0 saturated carbocycles. The summed E-state index contributed by atoms with van der Waals surface area (Å²) in [6.45, 7) is 2.20. The second-order valence-electron chi connectivity index (χ2n) is 5.01. The number of para-hydroxylation sites is 1. The summed E-state index contributed by atoms with van der Waals surface area (Å²) in [7, 11) is 0. The van der Waals surface area contributed by atoms with Crippen molar-refractivity contribution in [3.05, 3.63) is 63.9 Å². The molecule has 0 atom stereocenters. The fraction of sp³-hybridized carbons (Fsp3) is 0.167. The largest absolute Gasteiger partial charge is 0.331 e. The highest BCUT2D eigenvalue weighted by molar-refractivity contribution is 9.10. The van der Waals surface area contributed by atoms with Crippen molar-refractivity contribution in [3.63, 3.8) is 0 Å². The maximum absolute atomic E-state index is 4.82. The predicted molar refractivity (Wildman–Crippen MR) is 99.0 cm³/mol. The van der Waals surface area contributed by atoms with E-state index in [1.54, 1.807) is 11.3 Å². The predicted octanol–water partition coefficient (Wildman–Crippen LogP) is 6.27. The van der Waals surface area contributed by atoms with E-state index in [1.807, 2.05) is 30.3 Å². The third-order valence-electron chi connectivity index (χ3n) is 3.34. The van der Waals surface area contributed by atoms with Crippen LogP contribution in [0.15, 0.2) is 59.1 Å². The first-order valence-electron chi connectivity index (χ1n) is 7.34. The molecular formula is C18H17BrN2S. The molecule has 0 unspecified atom stereocenters. The van der Waals surface area contributed by atoms with Crippen LogP contribution in [0.2, 0.25) is 0 Å². The molecule has 22 heavy (non-hydrogen) atoms. The third kappa shape index (κ3) is 3.39. The van der Waals surface area contributed by atoms with E-state index in [-0.39, 0.29) is 0 Å². The number of aromatic nitrogens is 1. The van der Waals surface area contributed by atoms with Crippen LogP contribution in [0.5, 0.6) is 0 Å². The molecule has 0 amide bonds. The Morgan fingerprint density at radius 1 is 1.05 bits per heavy atom. The van der Waals surface area contributed by atoms with Gasteiger partial charge in [-0.2, -0.15) is 0 Å². The van der Waals surface area contributed by atoms with Crippen LogP contribution in [0, 0.1) is 0 Å². The Hall–Kier alpha value is -1.65. The maximum atomic E-state index is 4.82. The van der Waals surface area contributed by atoms with Gasteiger partial charge in [0, 0.05) is 14.9 Å². The van der Waals surface area contributed by atoms with E-state index in [9.17, 15) is 0 Å². The van der Waals surface area contributed by atoms with Crippen LogP contribution in [-0.2, 0) is 6.42 Å². The number of halogens is 1. The number of thiazole rings is 1. The molecule has 1 N–H and O–H groups in total. The zero-order valence-electron chi connectivity index (χ0n) is 12.3. The van der Waals surface area contributed by atoms with Crippen molar-refractivity contribution < 1.29 is 0 Å². The highest BCUT2D eigenvalue weighted by atomic mass is 79.9. The average Bonchev–Trinajstić information content (AvgIpc) is 2.94. The molecule has 3 aromatic rings. The average molecular weight is 373 g/mol. The number of benzene rings is 2. The minimum absolute atomic E-state index is 0.939. The fourth-order valence-corrected chi connectivity index (χ4v) is 3.78. The Morgan fingerprint density at radius 3 is 2.50 bits per heavy atom. The van der Waals surface area contributed by atoms with E-state index in [0.717, 1.165) is 33.8 Å². The Morgan fingerprint density at radius 2 is 1.77 bits per heavy atom. The second-order valence-corrected chi connectivity index (χ2v) is 6.95. The lowest BCUT2D eigenvalue weighted by molar-refractivity contribution is 0.938. The quantitative estimate of drug-likeness (QED) is 0.570. The molecule has 3 rings (SSSR count). The van der Waals surface area contributed by atoms with E-state index in [4.69, 9.17) is 4.98 Å². The van der Waals surface area contributed by atoms with Gasteiger partial charge in [0.15, 0.2) is 5.13 Å². The van der Waals surface area contributed by atoms with Gasteiger partial charge in [-0.15, -0.1) is 11.3 Å². The molecule has 0 fully saturated rings. The third-order valence-corrected chi connectivity index (χ3v) is 5.06. The summed E-state index contributed by atoms with van der Waals surface area (Å²) in [6, 6.07) is 18.5. The number of hydrogen-bond acceptors (Lipinski definition) is 3. The van der Waals surface area contributed by atoms with Gasteiger partial charge in [-0.3, -0.25) is 0 Å². The summed E-state index contributed by atoms with van der Waals surface area (Å²) in [5, 5.41) is 4.36. The van der Waals surface area contributed by atoms with Gasteiger partial charge in [0.25, 0.3) is 0 Å². The lowest BCUT2D eigenvalue weighted by atomic mass is 10.1. The van der Waals surface area contributed by atoms with Crippen LogP contribution < -0.4 is 5.32 Å².